The van der Waals surface area contributed by atoms with Crippen molar-refractivity contribution in [3.8, 4) is 23.1 Å². The van der Waals surface area contributed by atoms with Crippen LogP contribution in [0, 0.1) is 5.92 Å². The van der Waals surface area contributed by atoms with Crippen LogP contribution in [0.2, 0.25) is 0 Å². The van der Waals surface area contributed by atoms with Crippen LogP contribution >= 0.6 is 0 Å². The van der Waals surface area contributed by atoms with Gasteiger partial charge in [-0.05, 0) is 36.6 Å². The SMILES string of the molecule is CCCCN(CCC[N+](C)(C)C)C(=O)CN1C[C@H](c2cc(OC)c3c(c2)OCO3)[C@@H](C(=O)O)[C@@H]1CCn1cc2ccccc2c1O. The van der Waals surface area contributed by atoms with Gasteiger partial charge in [-0.1, -0.05) is 31.5 Å². The van der Waals surface area contributed by atoms with E-state index in [0.29, 0.717) is 49.8 Å². The molecule has 1 fully saturated rings. The van der Waals surface area contributed by atoms with Gasteiger partial charge in [-0.3, -0.25) is 14.5 Å². The Hall–Kier alpha value is -3.96. The van der Waals surface area contributed by atoms with Gasteiger partial charge in [0.15, 0.2) is 17.4 Å². The Morgan fingerprint density at radius 3 is 2.57 bits per heavy atom. The molecule has 0 saturated carbocycles. The molecule has 2 N–H and O–H groups in total. The standard InChI is InChI=1S/C35H48N4O7/c1-6-7-14-36(15-10-17-39(2,3)4)31(40)22-38-21-27(25-18-29(44-5)33-30(19-25)45-23-46-33)32(35(42)43)28(38)13-16-37-20-24-11-8-9-12-26(24)34(37)41/h8-9,11-12,18-20,27-28,32H,6-7,10,13-17,21-23H2,1-5H3,(H-,41,42,43)/p+1/t27-,28+,32-/m1/s1. The molecule has 0 bridgehead atoms. The first-order valence-electron chi connectivity index (χ1n) is 16.3. The van der Waals surface area contributed by atoms with E-state index in [1.807, 2.05) is 52.4 Å². The lowest BCUT2D eigenvalue weighted by Gasteiger charge is -2.31. The van der Waals surface area contributed by atoms with Gasteiger partial charge in [-0.2, -0.15) is 0 Å². The zero-order chi connectivity index (χ0) is 33.0. The Balaban J connectivity index is 1.44. The summed E-state index contributed by atoms with van der Waals surface area (Å²) >= 11 is 0. The zero-order valence-electron chi connectivity index (χ0n) is 27.8. The van der Waals surface area contributed by atoms with Gasteiger partial charge in [0.1, 0.15) is 0 Å². The minimum atomic E-state index is -0.922. The Bertz CT molecular complexity index is 1530. The fourth-order valence-corrected chi connectivity index (χ4v) is 6.91. The lowest BCUT2D eigenvalue weighted by Crippen LogP contribution is -2.45. The van der Waals surface area contributed by atoms with E-state index in [2.05, 4.69) is 28.1 Å². The third-order valence-corrected chi connectivity index (χ3v) is 9.31. The number of aromatic nitrogens is 1. The number of amides is 1. The predicted octanol–water partition coefficient (Wildman–Crippen LogP) is 4.37. The average molecular weight is 638 g/mol. The van der Waals surface area contributed by atoms with Crippen molar-refractivity contribution in [1.29, 1.82) is 0 Å². The van der Waals surface area contributed by atoms with Crippen LogP contribution < -0.4 is 14.2 Å². The van der Waals surface area contributed by atoms with E-state index in [-0.39, 0.29) is 25.1 Å². The summed E-state index contributed by atoms with van der Waals surface area (Å²) in [5, 5.41) is 23.3. The summed E-state index contributed by atoms with van der Waals surface area (Å²) in [4.78, 5) is 31.0. The van der Waals surface area contributed by atoms with Crippen molar-refractivity contribution >= 4 is 22.6 Å². The summed E-state index contributed by atoms with van der Waals surface area (Å²) in [7, 11) is 8.00. The van der Waals surface area contributed by atoms with E-state index in [0.717, 1.165) is 46.6 Å². The number of benzene rings is 2. The second-order valence-electron chi connectivity index (χ2n) is 13.5. The number of aliphatic carboxylic acids is 1. The van der Waals surface area contributed by atoms with Gasteiger partial charge in [0.05, 0.1) is 47.3 Å². The first kappa shape index (κ1) is 33.4. The molecule has 2 aliphatic heterocycles. The van der Waals surface area contributed by atoms with E-state index in [4.69, 9.17) is 14.2 Å². The molecule has 1 amide bonds. The van der Waals surface area contributed by atoms with Crippen molar-refractivity contribution in [3.05, 3.63) is 48.2 Å². The molecule has 250 valence electrons. The zero-order valence-corrected chi connectivity index (χ0v) is 27.8. The molecule has 3 aromatic rings. The fraction of sp³-hybridized carbons (Fsp3) is 0.543. The number of unbranched alkanes of at least 4 members (excludes halogenated alkanes) is 1. The highest BCUT2D eigenvalue weighted by Crippen LogP contribution is 2.47. The van der Waals surface area contributed by atoms with Crippen molar-refractivity contribution in [2.75, 3.05) is 67.8 Å². The normalized spacial score (nSPS) is 19.5. The van der Waals surface area contributed by atoms with Gasteiger partial charge in [0.2, 0.25) is 18.4 Å². The van der Waals surface area contributed by atoms with Crippen LogP contribution in [0.15, 0.2) is 42.6 Å². The van der Waals surface area contributed by atoms with E-state index in [1.54, 1.807) is 11.7 Å². The topological polar surface area (TPSA) is 114 Å². The van der Waals surface area contributed by atoms with Crippen LogP contribution in [0.5, 0.6) is 23.1 Å². The van der Waals surface area contributed by atoms with E-state index in [1.165, 1.54) is 0 Å². The number of hydrogen-bond donors (Lipinski definition) is 2. The number of quaternary nitrogens is 1. The number of aromatic hydroxyl groups is 1. The molecule has 2 aliphatic rings. The van der Waals surface area contributed by atoms with Crippen LogP contribution in [0.3, 0.4) is 0 Å². The van der Waals surface area contributed by atoms with Crippen molar-refractivity contribution in [2.24, 2.45) is 5.92 Å². The van der Waals surface area contributed by atoms with Gasteiger partial charge in [-0.15, -0.1) is 0 Å². The molecular formula is C35H49N4O7+. The van der Waals surface area contributed by atoms with Gasteiger partial charge in [0, 0.05) is 61.5 Å². The number of hydrogen-bond acceptors (Lipinski definition) is 7. The van der Waals surface area contributed by atoms with Crippen LogP contribution in [-0.4, -0.2) is 115 Å². The number of likely N-dealkylation sites (tertiary alicyclic amines) is 1. The first-order chi connectivity index (χ1) is 22.0. The maximum Gasteiger partial charge on any atom is 0.308 e. The summed E-state index contributed by atoms with van der Waals surface area (Å²) in [6, 6.07) is 10.8. The largest absolute Gasteiger partial charge is 0.494 e. The highest BCUT2D eigenvalue weighted by Gasteiger charge is 2.47. The molecule has 0 spiro atoms. The van der Waals surface area contributed by atoms with Crippen molar-refractivity contribution in [2.45, 2.75) is 51.1 Å². The number of carbonyl (C=O) groups excluding carboxylic acids is 1. The molecule has 5 rings (SSSR count). The molecular weight excluding hydrogens is 588 g/mol. The molecule has 11 heteroatoms. The molecule has 1 saturated heterocycles. The van der Waals surface area contributed by atoms with Gasteiger partial charge >= 0.3 is 5.97 Å². The highest BCUT2D eigenvalue weighted by atomic mass is 16.7. The summed E-state index contributed by atoms with van der Waals surface area (Å²) in [6.07, 6.45) is 5.12. The number of nitrogens with zero attached hydrogens (tertiary/aromatic N) is 4. The van der Waals surface area contributed by atoms with Gasteiger partial charge in [0.25, 0.3) is 0 Å². The average Bonchev–Trinajstić information content (AvgIpc) is 3.72. The Morgan fingerprint density at radius 2 is 1.87 bits per heavy atom. The summed E-state index contributed by atoms with van der Waals surface area (Å²) in [5.41, 5.74) is 0.772. The number of carbonyl (C=O) groups is 2. The number of rotatable bonds is 15. The minimum absolute atomic E-state index is 0.0162. The quantitative estimate of drug-likeness (QED) is 0.236. The van der Waals surface area contributed by atoms with E-state index >= 15 is 0 Å². The van der Waals surface area contributed by atoms with E-state index in [9.17, 15) is 19.8 Å². The van der Waals surface area contributed by atoms with Crippen LogP contribution in [0.4, 0.5) is 0 Å². The third kappa shape index (κ3) is 7.36. The van der Waals surface area contributed by atoms with Crippen molar-refractivity contribution < 1.29 is 38.5 Å². The monoisotopic (exact) mass is 637 g/mol. The molecule has 1 aromatic heterocycles. The van der Waals surface area contributed by atoms with Crippen molar-refractivity contribution in [1.82, 2.24) is 14.4 Å². The van der Waals surface area contributed by atoms with E-state index < -0.39 is 23.8 Å². The maximum atomic E-state index is 14.0. The van der Waals surface area contributed by atoms with Crippen LogP contribution in [-0.2, 0) is 16.1 Å². The second kappa shape index (κ2) is 14.2. The fourth-order valence-electron chi connectivity index (χ4n) is 6.91. The number of methoxy groups -OCH3 is 1. The number of carboxylic acid groups (broad SMARTS) is 1. The van der Waals surface area contributed by atoms with Crippen molar-refractivity contribution in [3.63, 3.8) is 0 Å². The molecule has 11 nitrogen and oxygen atoms in total. The maximum absolute atomic E-state index is 14.0. The Morgan fingerprint density at radius 1 is 1.11 bits per heavy atom. The minimum Gasteiger partial charge on any atom is -0.494 e. The van der Waals surface area contributed by atoms with Gasteiger partial charge in [-0.25, -0.2) is 0 Å². The lowest BCUT2D eigenvalue weighted by atomic mass is 9.84. The molecule has 3 atom stereocenters. The molecule has 2 aromatic carbocycles. The number of aryl methyl sites for hydroxylation is 1. The molecule has 46 heavy (non-hydrogen) atoms. The Labute approximate surface area is 271 Å². The third-order valence-electron chi connectivity index (χ3n) is 9.31. The highest BCUT2D eigenvalue weighted by molar-refractivity contribution is 5.87. The Kier molecular flexibility index (Phi) is 10.3. The summed E-state index contributed by atoms with van der Waals surface area (Å²) < 4.78 is 19.5. The van der Waals surface area contributed by atoms with Crippen LogP contribution in [0.25, 0.3) is 10.8 Å². The summed E-state index contributed by atoms with van der Waals surface area (Å²) in [6.45, 7) is 5.40. The first-order valence-corrected chi connectivity index (χ1v) is 16.3. The lowest BCUT2D eigenvalue weighted by molar-refractivity contribution is -0.870. The molecule has 3 heterocycles. The van der Waals surface area contributed by atoms with Gasteiger partial charge < -0.3 is 38.4 Å². The second-order valence-corrected chi connectivity index (χ2v) is 13.5. The number of carboxylic acids is 1. The molecule has 0 radical (unpaired) electrons. The molecule has 0 unspecified atom stereocenters. The predicted molar refractivity (Wildman–Crippen MR) is 176 cm³/mol. The summed E-state index contributed by atoms with van der Waals surface area (Å²) in [5.74, 6) is -0.440. The molecule has 0 aliphatic carbocycles. The number of fused-ring (bicyclic) bond motifs is 2. The number of ether oxygens (including phenoxy) is 3. The van der Waals surface area contributed by atoms with Crippen LogP contribution in [0.1, 0.15) is 44.1 Å². The smallest absolute Gasteiger partial charge is 0.308 e.